The van der Waals surface area contributed by atoms with Crippen molar-refractivity contribution in [2.75, 3.05) is 20.1 Å². The molecule has 0 N–H and O–H groups in total. The van der Waals surface area contributed by atoms with Crippen molar-refractivity contribution in [2.24, 2.45) is 0 Å². The van der Waals surface area contributed by atoms with Crippen molar-refractivity contribution in [3.05, 3.63) is 32.9 Å². The van der Waals surface area contributed by atoms with E-state index in [4.69, 9.17) is 4.74 Å². The van der Waals surface area contributed by atoms with E-state index in [1.807, 2.05) is 0 Å². The number of carbonyl (C=O) groups excluding carboxylic acids is 2. The van der Waals surface area contributed by atoms with Gasteiger partial charge in [0.05, 0.1) is 11.6 Å². The Hall–Kier alpha value is -1.45. The summed E-state index contributed by atoms with van der Waals surface area (Å²) in [6.07, 6.45) is 0.107. The van der Waals surface area contributed by atoms with Gasteiger partial charge in [-0.15, -0.1) is 0 Å². The van der Waals surface area contributed by atoms with Crippen molar-refractivity contribution in [2.45, 2.75) is 38.8 Å². The molecule has 0 bridgehead atoms. The van der Waals surface area contributed by atoms with E-state index >= 15 is 0 Å². The maximum absolute atomic E-state index is 13.9. The molecule has 0 aromatic heterocycles. The molecule has 1 aliphatic rings. The summed E-state index contributed by atoms with van der Waals surface area (Å²) in [5.74, 6) is -2.08. The highest BCUT2D eigenvalue weighted by molar-refractivity contribution is 14.1. The van der Waals surface area contributed by atoms with Crippen molar-refractivity contribution in [3.63, 3.8) is 0 Å². The third-order valence-electron chi connectivity index (χ3n) is 3.92. The molecule has 0 spiro atoms. The average molecular weight is 466 g/mol. The van der Waals surface area contributed by atoms with Crippen molar-refractivity contribution in [1.29, 1.82) is 0 Å². The Bertz CT molecular complexity index is 691. The van der Waals surface area contributed by atoms with Gasteiger partial charge in [0, 0.05) is 29.8 Å². The molecule has 138 valence electrons. The molecule has 0 saturated carbocycles. The largest absolute Gasteiger partial charge is 0.444 e. The summed E-state index contributed by atoms with van der Waals surface area (Å²) >= 11 is 1.72. The number of benzene rings is 1. The number of halogens is 3. The van der Waals surface area contributed by atoms with E-state index in [9.17, 15) is 18.4 Å². The van der Waals surface area contributed by atoms with Gasteiger partial charge in [0.15, 0.2) is 0 Å². The maximum Gasteiger partial charge on any atom is 0.410 e. The van der Waals surface area contributed by atoms with Gasteiger partial charge in [-0.2, -0.15) is 0 Å². The zero-order chi connectivity index (χ0) is 18.9. The minimum atomic E-state index is -0.883. The number of hydrogen-bond donors (Lipinski definition) is 0. The molecule has 2 rings (SSSR count). The molecule has 1 atom stereocenters. The minimum absolute atomic E-state index is 0.161. The number of likely N-dealkylation sites (tertiary alicyclic amines) is 1. The van der Waals surface area contributed by atoms with Gasteiger partial charge in [0.1, 0.15) is 17.2 Å². The summed E-state index contributed by atoms with van der Waals surface area (Å²) in [6.45, 7) is 6.01. The summed E-state index contributed by atoms with van der Waals surface area (Å²) in [5, 5.41) is 0. The van der Waals surface area contributed by atoms with Crippen LogP contribution in [0.3, 0.4) is 0 Å². The van der Waals surface area contributed by atoms with Gasteiger partial charge in [-0.1, -0.05) is 0 Å². The summed E-state index contributed by atoms with van der Waals surface area (Å²) in [6, 6.07) is 1.72. The standard InChI is InChI=1S/C17H21F2IN2O3/c1-17(2,3)25-16(24)21(4)10-5-6-22(9-10)15(23)11-7-14(20)13(19)8-12(11)18/h7-8,10H,5-6,9H2,1-4H3. The van der Waals surface area contributed by atoms with Crippen molar-refractivity contribution in [1.82, 2.24) is 9.80 Å². The van der Waals surface area contributed by atoms with Crippen molar-refractivity contribution >= 4 is 34.6 Å². The lowest BCUT2D eigenvalue weighted by Gasteiger charge is -2.28. The second-order valence-electron chi connectivity index (χ2n) is 7.03. The third kappa shape index (κ3) is 4.80. The van der Waals surface area contributed by atoms with E-state index in [1.165, 1.54) is 15.9 Å². The Morgan fingerprint density at radius 1 is 1.28 bits per heavy atom. The SMILES string of the molecule is CN(C(=O)OC(C)(C)C)C1CCN(C(=O)c2cc(I)c(F)cc2F)C1. The second kappa shape index (κ2) is 7.43. The van der Waals surface area contributed by atoms with E-state index in [2.05, 4.69) is 0 Å². The highest BCUT2D eigenvalue weighted by atomic mass is 127. The second-order valence-corrected chi connectivity index (χ2v) is 8.19. The molecule has 1 fully saturated rings. The van der Waals surface area contributed by atoms with E-state index in [0.29, 0.717) is 13.0 Å². The predicted octanol–water partition coefficient (Wildman–Crippen LogP) is 3.65. The van der Waals surface area contributed by atoms with Crippen molar-refractivity contribution < 1.29 is 23.1 Å². The Balaban J connectivity index is 2.06. The fourth-order valence-electron chi connectivity index (χ4n) is 2.58. The van der Waals surface area contributed by atoms with Gasteiger partial charge in [0.25, 0.3) is 5.91 Å². The topological polar surface area (TPSA) is 49.9 Å². The fourth-order valence-corrected chi connectivity index (χ4v) is 3.05. The quantitative estimate of drug-likeness (QED) is 0.494. The number of hydrogen-bond acceptors (Lipinski definition) is 3. The van der Waals surface area contributed by atoms with E-state index < -0.39 is 29.2 Å². The normalized spacial score (nSPS) is 17.6. The lowest BCUT2D eigenvalue weighted by Crippen LogP contribution is -2.42. The Morgan fingerprint density at radius 2 is 1.92 bits per heavy atom. The van der Waals surface area contributed by atoms with E-state index in [-0.39, 0.29) is 21.7 Å². The molecule has 1 saturated heterocycles. The lowest BCUT2D eigenvalue weighted by atomic mass is 10.2. The minimum Gasteiger partial charge on any atom is -0.444 e. The summed E-state index contributed by atoms with van der Waals surface area (Å²) < 4.78 is 32.8. The molecular weight excluding hydrogens is 445 g/mol. The molecular formula is C17H21F2IN2O3. The summed E-state index contributed by atoms with van der Waals surface area (Å²) in [5.41, 5.74) is -0.765. The van der Waals surface area contributed by atoms with Crippen LogP contribution in [-0.2, 0) is 4.74 Å². The van der Waals surface area contributed by atoms with Crippen LogP contribution in [0.2, 0.25) is 0 Å². The Morgan fingerprint density at radius 3 is 2.52 bits per heavy atom. The van der Waals surface area contributed by atoms with Crippen LogP contribution in [0.5, 0.6) is 0 Å². The van der Waals surface area contributed by atoms with E-state index in [1.54, 1.807) is 50.4 Å². The molecule has 8 heteroatoms. The number of nitrogens with zero attached hydrogens (tertiary/aromatic N) is 2. The number of likely N-dealkylation sites (N-methyl/N-ethyl adjacent to an activating group) is 1. The van der Waals surface area contributed by atoms with Gasteiger partial charge >= 0.3 is 6.09 Å². The Labute approximate surface area is 159 Å². The van der Waals surface area contributed by atoms with Crippen molar-refractivity contribution in [3.8, 4) is 0 Å². The number of ether oxygens (including phenoxy) is 1. The van der Waals surface area contributed by atoms with Crippen LogP contribution in [0.4, 0.5) is 13.6 Å². The molecule has 2 amide bonds. The van der Waals surface area contributed by atoms with Crippen LogP contribution in [0.25, 0.3) is 0 Å². The molecule has 5 nitrogen and oxygen atoms in total. The number of carbonyl (C=O) groups is 2. The first-order valence-corrected chi connectivity index (χ1v) is 8.97. The average Bonchev–Trinajstić information content (AvgIpc) is 2.97. The summed E-state index contributed by atoms with van der Waals surface area (Å²) in [7, 11) is 1.62. The highest BCUT2D eigenvalue weighted by Gasteiger charge is 2.34. The van der Waals surface area contributed by atoms with Crippen LogP contribution in [0.15, 0.2) is 12.1 Å². The zero-order valence-corrected chi connectivity index (χ0v) is 16.8. The predicted molar refractivity (Wildman–Crippen MR) is 97.4 cm³/mol. The first-order chi connectivity index (χ1) is 11.5. The smallest absolute Gasteiger partial charge is 0.410 e. The van der Waals surface area contributed by atoms with Crippen LogP contribution in [0.1, 0.15) is 37.6 Å². The molecule has 0 radical (unpaired) electrons. The Kier molecular flexibility index (Phi) is 5.90. The first kappa shape index (κ1) is 19.9. The molecule has 1 heterocycles. The van der Waals surface area contributed by atoms with Gasteiger partial charge in [-0.25, -0.2) is 13.6 Å². The van der Waals surface area contributed by atoms with Crippen LogP contribution in [-0.4, -0.2) is 53.6 Å². The maximum atomic E-state index is 13.9. The molecule has 1 aromatic rings. The monoisotopic (exact) mass is 466 g/mol. The first-order valence-electron chi connectivity index (χ1n) is 7.89. The number of rotatable bonds is 2. The highest BCUT2D eigenvalue weighted by Crippen LogP contribution is 2.22. The molecule has 1 aliphatic heterocycles. The fraction of sp³-hybridized carbons (Fsp3) is 0.529. The van der Waals surface area contributed by atoms with Gasteiger partial charge in [-0.05, 0) is 55.8 Å². The third-order valence-corrected chi connectivity index (χ3v) is 4.75. The van der Waals surface area contributed by atoms with Crippen LogP contribution in [0, 0.1) is 15.2 Å². The van der Waals surface area contributed by atoms with Crippen LogP contribution < -0.4 is 0 Å². The van der Waals surface area contributed by atoms with Crippen LogP contribution >= 0.6 is 22.6 Å². The molecule has 25 heavy (non-hydrogen) atoms. The zero-order valence-electron chi connectivity index (χ0n) is 14.6. The van der Waals surface area contributed by atoms with Gasteiger partial charge in [0.2, 0.25) is 0 Å². The number of amides is 2. The lowest BCUT2D eigenvalue weighted by molar-refractivity contribution is 0.0226. The van der Waals surface area contributed by atoms with Gasteiger partial charge < -0.3 is 14.5 Å². The molecule has 1 unspecified atom stereocenters. The van der Waals surface area contributed by atoms with E-state index in [0.717, 1.165) is 6.07 Å². The van der Waals surface area contributed by atoms with Gasteiger partial charge in [-0.3, -0.25) is 4.79 Å². The summed E-state index contributed by atoms with van der Waals surface area (Å²) in [4.78, 5) is 27.6. The molecule has 0 aliphatic carbocycles. The molecule has 1 aromatic carbocycles.